The number of carbonyl (C=O) groups excluding carboxylic acids is 1. The molecule has 2 aliphatic rings. The van der Waals surface area contributed by atoms with Gasteiger partial charge in [-0.25, -0.2) is 8.42 Å². The molecule has 4 rings (SSSR count). The van der Waals surface area contributed by atoms with E-state index in [1.54, 1.807) is 43.5 Å². The first kappa shape index (κ1) is 19.8. The molecular formula is C22H25NO5S. The molecule has 6 nitrogen and oxygen atoms in total. The van der Waals surface area contributed by atoms with E-state index in [0.717, 1.165) is 12.8 Å². The summed E-state index contributed by atoms with van der Waals surface area (Å²) in [4.78, 5) is 15.1. The maximum atomic E-state index is 13.0. The Morgan fingerprint density at radius 3 is 2.17 bits per heavy atom. The van der Waals surface area contributed by atoms with Gasteiger partial charge in [-0.2, -0.15) is 0 Å². The second kappa shape index (κ2) is 8.06. The number of fused-ring (bicyclic) bond motifs is 2. The van der Waals surface area contributed by atoms with Crippen LogP contribution in [0.5, 0.6) is 11.5 Å². The van der Waals surface area contributed by atoms with Crippen LogP contribution in [0.3, 0.4) is 0 Å². The Labute approximate surface area is 171 Å². The molecule has 0 aliphatic carbocycles. The topological polar surface area (TPSA) is 72.9 Å². The highest BCUT2D eigenvalue weighted by Gasteiger charge is 2.47. The number of amides is 1. The molecule has 2 unspecified atom stereocenters. The molecule has 2 aliphatic heterocycles. The van der Waals surface area contributed by atoms with Crippen LogP contribution in [0.25, 0.3) is 0 Å². The van der Waals surface area contributed by atoms with Crippen LogP contribution in [-0.2, 0) is 14.6 Å². The number of ether oxygens (including phenoxy) is 2. The van der Waals surface area contributed by atoms with E-state index >= 15 is 0 Å². The Balaban J connectivity index is 1.44. The van der Waals surface area contributed by atoms with E-state index in [9.17, 15) is 13.2 Å². The molecule has 2 aromatic carbocycles. The minimum absolute atomic E-state index is 0.0500. The number of piperidine rings is 1. The zero-order valence-corrected chi connectivity index (χ0v) is 17.2. The van der Waals surface area contributed by atoms with E-state index in [0.29, 0.717) is 29.2 Å². The number of methoxy groups -OCH3 is 1. The van der Waals surface area contributed by atoms with Gasteiger partial charge in [-0.05, 0) is 49.9 Å². The Hall–Kier alpha value is -2.54. The first-order valence-corrected chi connectivity index (χ1v) is 11.4. The molecule has 154 valence electrons. The summed E-state index contributed by atoms with van der Waals surface area (Å²) in [6, 6.07) is 15.7. The summed E-state index contributed by atoms with van der Waals surface area (Å²) >= 11 is 0. The lowest BCUT2D eigenvalue weighted by atomic mass is 10.0. The van der Waals surface area contributed by atoms with Gasteiger partial charge in [-0.3, -0.25) is 4.79 Å². The van der Waals surface area contributed by atoms with E-state index < -0.39 is 15.1 Å². The molecule has 0 radical (unpaired) electrons. The smallest absolute Gasteiger partial charge is 0.261 e. The van der Waals surface area contributed by atoms with Gasteiger partial charge in [0, 0.05) is 12.1 Å². The molecule has 0 spiro atoms. The third-order valence-electron chi connectivity index (χ3n) is 5.91. The monoisotopic (exact) mass is 415 g/mol. The van der Waals surface area contributed by atoms with Gasteiger partial charge in [0.15, 0.2) is 27.9 Å². The maximum absolute atomic E-state index is 13.0. The summed E-state index contributed by atoms with van der Waals surface area (Å²) in [6.07, 6.45) is 2.64. The van der Waals surface area contributed by atoms with Crippen LogP contribution in [-0.4, -0.2) is 50.3 Å². The van der Waals surface area contributed by atoms with Gasteiger partial charge in [0.05, 0.1) is 17.3 Å². The summed E-state index contributed by atoms with van der Waals surface area (Å²) in [6.45, 7) is -0.0799. The standard InChI is InChI=1S/C22H25NO5S/c1-27-20-9-5-6-10-21(20)28-15-22(24)23-16-11-12-17(23)14-19(13-16)29(25,26)18-7-3-2-4-8-18/h2-10,16-17,19H,11-15H2,1H3. The van der Waals surface area contributed by atoms with E-state index in [-0.39, 0.29) is 24.6 Å². The van der Waals surface area contributed by atoms with Crippen molar-refractivity contribution in [1.82, 2.24) is 4.90 Å². The number of sulfone groups is 1. The van der Waals surface area contributed by atoms with Crippen molar-refractivity contribution in [3.8, 4) is 11.5 Å². The lowest BCUT2D eigenvalue weighted by Gasteiger charge is -2.38. The summed E-state index contributed by atoms with van der Waals surface area (Å²) in [5.41, 5.74) is 0. The van der Waals surface area contributed by atoms with Crippen molar-refractivity contribution >= 4 is 15.7 Å². The minimum Gasteiger partial charge on any atom is -0.493 e. The highest BCUT2D eigenvalue weighted by atomic mass is 32.2. The number of carbonyl (C=O) groups is 1. The third-order valence-corrected chi connectivity index (χ3v) is 8.10. The van der Waals surface area contributed by atoms with Crippen LogP contribution < -0.4 is 9.47 Å². The molecule has 29 heavy (non-hydrogen) atoms. The summed E-state index contributed by atoms with van der Waals surface area (Å²) in [5, 5.41) is -0.443. The molecule has 2 bridgehead atoms. The number of nitrogens with zero attached hydrogens (tertiary/aromatic N) is 1. The predicted molar refractivity (Wildman–Crippen MR) is 109 cm³/mol. The van der Waals surface area contributed by atoms with E-state index in [1.165, 1.54) is 0 Å². The van der Waals surface area contributed by atoms with Crippen LogP contribution >= 0.6 is 0 Å². The minimum atomic E-state index is -3.39. The first-order valence-electron chi connectivity index (χ1n) is 9.86. The van der Waals surface area contributed by atoms with Gasteiger partial charge in [-0.15, -0.1) is 0 Å². The highest BCUT2D eigenvalue weighted by Crippen LogP contribution is 2.40. The number of para-hydroxylation sites is 2. The lowest BCUT2D eigenvalue weighted by Crippen LogP contribution is -2.51. The van der Waals surface area contributed by atoms with Crippen molar-refractivity contribution in [2.45, 2.75) is 47.9 Å². The van der Waals surface area contributed by atoms with Gasteiger partial charge in [0.1, 0.15) is 0 Å². The largest absolute Gasteiger partial charge is 0.493 e. The molecule has 1 amide bonds. The highest BCUT2D eigenvalue weighted by molar-refractivity contribution is 7.92. The molecular weight excluding hydrogens is 390 g/mol. The number of hydrogen-bond acceptors (Lipinski definition) is 5. The fourth-order valence-electron chi connectivity index (χ4n) is 4.54. The van der Waals surface area contributed by atoms with Crippen molar-refractivity contribution < 1.29 is 22.7 Å². The third kappa shape index (κ3) is 3.83. The molecule has 7 heteroatoms. The van der Waals surface area contributed by atoms with Gasteiger partial charge in [-0.1, -0.05) is 30.3 Å². The Kier molecular flexibility index (Phi) is 5.50. The van der Waals surface area contributed by atoms with Crippen LogP contribution in [0.1, 0.15) is 25.7 Å². The number of rotatable bonds is 6. The van der Waals surface area contributed by atoms with E-state index in [2.05, 4.69) is 0 Å². The SMILES string of the molecule is COc1ccccc1OCC(=O)N1C2CCC1CC(S(=O)(=O)c1ccccc1)C2. The van der Waals surface area contributed by atoms with Crippen LogP contribution in [0.2, 0.25) is 0 Å². The molecule has 2 aromatic rings. The normalized spacial score (nSPS) is 23.6. The van der Waals surface area contributed by atoms with E-state index in [4.69, 9.17) is 9.47 Å². The van der Waals surface area contributed by atoms with Crippen molar-refractivity contribution in [2.75, 3.05) is 13.7 Å². The Bertz CT molecular complexity index is 962. The lowest BCUT2D eigenvalue weighted by molar-refractivity contribution is -0.137. The molecule has 2 saturated heterocycles. The van der Waals surface area contributed by atoms with Gasteiger partial charge >= 0.3 is 0 Å². The maximum Gasteiger partial charge on any atom is 0.261 e. The fraction of sp³-hybridized carbons (Fsp3) is 0.409. The van der Waals surface area contributed by atoms with Crippen LogP contribution in [0.4, 0.5) is 0 Å². The quantitative estimate of drug-likeness (QED) is 0.725. The van der Waals surface area contributed by atoms with Gasteiger partial charge < -0.3 is 14.4 Å². The summed E-state index contributed by atoms with van der Waals surface area (Å²) in [5.74, 6) is 1.01. The second-order valence-electron chi connectivity index (χ2n) is 7.58. The van der Waals surface area contributed by atoms with Crippen LogP contribution in [0.15, 0.2) is 59.5 Å². The van der Waals surface area contributed by atoms with Crippen molar-refractivity contribution in [3.63, 3.8) is 0 Å². The average molecular weight is 416 g/mol. The molecule has 0 aromatic heterocycles. The zero-order valence-electron chi connectivity index (χ0n) is 16.4. The fourth-order valence-corrected chi connectivity index (χ4v) is 6.41. The van der Waals surface area contributed by atoms with Gasteiger partial charge in [0.25, 0.3) is 5.91 Å². The van der Waals surface area contributed by atoms with Gasteiger partial charge in [0.2, 0.25) is 0 Å². The molecule has 2 fully saturated rings. The van der Waals surface area contributed by atoms with Crippen molar-refractivity contribution in [3.05, 3.63) is 54.6 Å². The summed E-state index contributed by atoms with van der Waals surface area (Å²) < 4.78 is 37.0. The molecule has 2 heterocycles. The Morgan fingerprint density at radius 1 is 0.966 bits per heavy atom. The van der Waals surface area contributed by atoms with E-state index in [1.807, 2.05) is 23.1 Å². The van der Waals surface area contributed by atoms with Crippen molar-refractivity contribution in [2.24, 2.45) is 0 Å². The predicted octanol–water partition coefficient (Wildman–Crippen LogP) is 3.07. The summed E-state index contributed by atoms with van der Waals surface area (Å²) in [7, 11) is -1.83. The zero-order chi connectivity index (χ0) is 20.4. The van der Waals surface area contributed by atoms with Crippen LogP contribution in [0, 0.1) is 0 Å². The van der Waals surface area contributed by atoms with Crippen molar-refractivity contribution in [1.29, 1.82) is 0 Å². The second-order valence-corrected chi connectivity index (χ2v) is 9.81. The molecule has 2 atom stereocenters. The molecule has 0 saturated carbocycles. The number of benzene rings is 2. The average Bonchev–Trinajstić information content (AvgIpc) is 3.02. The molecule has 0 N–H and O–H groups in total. The number of hydrogen-bond donors (Lipinski definition) is 0. The Morgan fingerprint density at radius 2 is 1.55 bits per heavy atom. The first-order chi connectivity index (χ1) is 14.0.